The first-order valence-electron chi connectivity index (χ1n) is 5.83. The minimum Gasteiger partial charge on any atom is -0.395 e. The molecule has 0 spiro atoms. The highest BCUT2D eigenvalue weighted by Gasteiger charge is 2.13. The van der Waals surface area contributed by atoms with Gasteiger partial charge in [-0.3, -0.25) is 0 Å². The molecule has 1 aromatic heterocycles. The number of aromatic nitrogens is 2. The number of aliphatic hydroxyl groups excluding tert-OH is 1. The van der Waals surface area contributed by atoms with E-state index in [0.717, 1.165) is 6.54 Å². The molecule has 1 heterocycles. The fourth-order valence-corrected chi connectivity index (χ4v) is 1.56. The molecule has 0 bridgehead atoms. The summed E-state index contributed by atoms with van der Waals surface area (Å²) in [6.45, 7) is 7.36. The molecule has 0 unspecified atom stereocenters. The van der Waals surface area contributed by atoms with Gasteiger partial charge < -0.3 is 21.1 Å². The molecule has 96 valence electrons. The Balaban J connectivity index is 2.99. The van der Waals surface area contributed by atoms with E-state index in [2.05, 4.69) is 15.3 Å². The van der Waals surface area contributed by atoms with Crippen LogP contribution in [0.25, 0.3) is 0 Å². The summed E-state index contributed by atoms with van der Waals surface area (Å²) in [6.07, 6.45) is 1.48. The third-order valence-electron chi connectivity index (χ3n) is 2.34. The molecule has 0 aliphatic rings. The van der Waals surface area contributed by atoms with E-state index in [1.165, 1.54) is 6.33 Å². The van der Waals surface area contributed by atoms with Crippen molar-refractivity contribution in [3.8, 4) is 0 Å². The molecule has 6 heteroatoms. The van der Waals surface area contributed by atoms with Crippen LogP contribution in [0.1, 0.15) is 20.8 Å². The van der Waals surface area contributed by atoms with Gasteiger partial charge in [0.2, 0.25) is 0 Å². The van der Waals surface area contributed by atoms with Crippen LogP contribution in [0.2, 0.25) is 0 Å². The average Bonchev–Trinajstić information content (AvgIpc) is 2.29. The van der Waals surface area contributed by atoms with E-state index in [9.17, 15) is 0 Å². The van der Waals surface area contributed by atoms with E-state index >= 15 is 0 Å². The molecule has 0 aromatic carbocycles. The molecular weight excluding hydrogens is 218 g/mol. The van der Waals surface area contributed by atoms with Crippen molar-refractivity contribution in [1.29, 1.82) is 0 Å². The highest BCUT2D eigenvalue weighted by Crippen LogP contribution is 2.26. The maximum Gasteiger partial charge on any atom is 0.157 e. The van der Waals surface area contributed by atoms with Gasteiger partial charge in [-0.15, -0.1) is 0 Å². The maximum atomic E-state index is 8.99. The lowest BCUT2D eigenvalue weighted by Crippen LogP contribution is -2.28. The molecular formula is C11H21N5O. The van der Waals surface area contributed by atoms with Crippen LogP contribution in [0.15, 0.2) is 6.33 Å². The second-order valence-corrected chi connectivity index (χ2v) is 4.06. The van der Waals surface area contributed by atoms with Gasteiger partial charge in [0.25, 0.3) is 0 Å². The Morgan fingerprint density at radius 3 is 2.71 bits per heavy atom. The van der Waals surface area contributed by atoms with Crippen LogP contribution in [0.5, 0.6) is 0 Å². The van der Waals surface area contributed by atoms with Gasteiger partial charge >= 0.3 is 0 Å². The van der Waals surface area contributed by atoms with E-state index in [-0.39, 0.29) is 12.6 Å². The van der Waals surface area contributed by atoms with Crippen LogP contribution in [-0.2, 0) is 0 Å². The monoisotopic (exact) mass is 239 g/mol. The first-order chi connectivity index (χ1) is 8.10. The summed E-state index contributed by atoms with van der Waals surface area (Å²) in [5, 5.41) is 12.2. The quantitative estimate of drug-likeness (QED) is 0.677. The largest absolute Gasteiger partial charge is 0.395 e. The Morgan fingerprint density at radius 2 is 2.18 bits per heavy atom. The van der Waals surface area contributed by atoms with Crippen molar-refractivity contribution >= 4 is 17.3 Å². The first-order valence-corrected chi connectivity index (χ1v) is 5.83. The first kappa shape index (κ1) is 13.5. The van der Waals surface area contributed by atoms with Gasteiger partial charge in [-0.1, -0.05) is 0 Å². The average molecular weight is 239 g/mol. The third kappa shape index (κ3) is 3.45. The van der Waals surface area contributed by atoms with Gasteiger partial charge in [0.15, 0.2) is 11.6 Å². The van der Waals surface area contributed by atoms with Gasteiger partial charge in [0.05, 0.1) is 6.61 Å². The highest BCUT2D eigenvalue weighted by molar-refractivity contribution is 5.75. The number of nitrogens with one attached hydrogen (secondary N) is 1. The lowest BCUT2D eigenvalue weighted by atomic mass is 10.3. The number of aliphatic hydroxyl groups is 1. The van der Waals surface area contributed by atoms with Crippen LogP contribution in [0.3, 0.4) is 0 Å². The summed E-state index contributed by atoms with van der Waals surface area (Å²) in [6, 6.07) is 0.257. The molecule has 6 nitrogen and oxygen atoms in total. The normalized spacial score (nSPS) is 10.6. The molecule has 0 amide bonds. The minimum atomic E-state index is 0.0736. The predicted molar refractivity (Wildman–Crippen MR) is 70.2 cm³/mol. The number of anilines is 3. The fourth-order valence-electron chi connectivity index (χ4n) is 1.56. The van der Waals surface area contributed by atoms with Crippen LogP contribution in [0.4, 0.5) is 17.3 Å². The zero-order chi connectivity index (χ0) is 12.8. The molecule has 0 radical (unpaired) electrons. The number of hydrogen-bond donors (Lipinski definition) is 3. The number of nitrogen functional groups attached to an aromatic ring is 1. The van der Waals surface area contributed by atoms with Crippen molar-refractivity contribution < 1.29 is 5.11 Å². The molecule has 0 atom stereocenters. The molecule has 0 saturated carbocycles. The lowest BCUT2D eigenvalue weighted by molar-refractivity contribution is 0.302. The lowest BCUT2D eigenvalue weighted by Gasteiger charge is -2.23. The Labute approximate surface area is 102 Å². The smallest absolute Gasteiger partial charge is 0.157 e. The highest BCUT2D eigenvalue weighted by atomic mass is 16.3. The van der Waals surface area contributed by atoms with Gasteiger partial charge in [-0.25, -0.2) is 9.97 Å². The van der Waals surface area contributed by atoms with Crippen molar-refractivity contribution in [3.05, 3.63) is 6.33 Å². The fraction of sp³-hybridized carbons (Fsp3) is 0.636. The summed E-state index contributed by atoms with van der Waals surface area (Å²) in [5.41, 5.74) is 6.55. The van der Waals surface area contributed by atoms with E-state index in [1.54, 1.807) is 0 Å². The maximum absolute atomic E-state index is 8.99. The van der Waals surface area contributed by atoms with Gasteiger partial charge in [0, 0.05) is 19.1 Å². The van der Waals surface area contributed by atoms with E-state index in [1.807, 2.05) is 25.7 Å². The summed E-state index contributed by atoms with van der Waals surface area (Å²) in [5.74, 6) is 1.31. The van der Waals surface area contributed by atoms with Gasteiger partial charge in [0.1, 0.15) is 12.0 Å². The van der Waals surface area contributed by atoms with Crippen molar-refractivity contribution in [2.24, 2.45) is 0 Å². The summed E-state index contributed by atoms with van der Waals surface area (Å²) < 4.78 is 0. The van der Waals surface area contributed by atoms with Crippen molar-refractivity contribution in [3.63, 3.8) is 0 Å². The summed E-state index contributed by atoms with van der Waals surface area (Å²) >= 11 is 0. The molecule has 0 saturated heterocycles. The molecule has 0 aliphatic heterocycles. The van der Waals surface area contributed by atoms with Crippen molar-refractivity contribution in [1.82, 2.24) is 9.97 Å². The molecule has 17 heavy (non-hydrogen) atoms. The number of hydrogen-bond acceptors (Lipinski definition) is 6. The number of rotatable bonds is 6. The van der Waals surface area contributed by atoms with E-state index < -0.39 is 0 Å². The van der Waals surface area contributed by atoms with E-state index in [0.29, 0.717) is 23.9 Å². The van der Waals surface area contributed by atoms with E-state index in [4.69, 9.17) is 10.8 Å². The minimum absolute atomic E-state index is 0.0736. The Hall–Kier alpha value is -1.56. The second kappa shape index (κ2) is 6.24. The summed E-state index contributed by atoms with van der Waals surface area (Å²) in [4.78, 5) is 10.2. The molecule has 0 fully saturated rings. The van der Waals surface area contributed by atoms with Crippen molar-refractivity contribution in [2.75, 3.05) is 35.6 Å². The van der Waals surface area contributed by atoms with Crippen LogP contribution >= 0.6 is 0 Å². The zero-order valence-electron chi connectivity index (χ0n) is 10.6. The Morgan fingerprint density at radius 1 is 1.47 bits per heavy atom. The van der Waals surface area contributed by atoms with Crippen LogP contribution < -0.4 is 16.0 Å². The third-order valence-corrected chi connectivity index (χ3v) is 2.34. The topological polar surface area (TPSA) is 87.3 Å². The molecule has 1 aromatic rings. The number of nitrogens with two attached hydrogens (primary N) is 1. The molecule has 4 N–H and O–H groups in total. The second-order valence-electron chi connectivity index (χ2n) is 4.06. The predicted octanol–water partition coefficient (Wildman–Crippen LogP) is 0.698. The van der Waals surface area contributed by atoms with Gasteiger partial charge in [-0.05, 0) is 20.8 Å². The number of likely N-dealkylation sites (N-methyl/N-ethyl adjacent to an activating group) is 1. The number of nitrogens with zero attached hydrogens (tertiary/aromatic N) is 3. The standard InChI is InChI=1S/C11H21N5O/c1-4-16(5-6-17)11-9(12)10(13-7-14-11)15-8(2)3/h7-8,17H,4-6,12H2,1-3H3,(H,13,14,15). The molecule has 1 rings (SSSR count). The Bertz CT molecular complexity index is 356. The van der Waals surface area contributed by atoms with Crippen LogP contribution in [0, 0.1) is 0 Å². The summed E-state index contributed by atoms with van der Waals surface area (Å²) in [7, 11) is 0. The van der Waals surface area contributed by atoms with Crippen LogP contribution in [-0.4, -0.2) is 40.8 Å². The zero-order valence-corrected chi connectivity index (χ0v) is 10.6. The SMILES string of the molecule is CCN(CCO)c1ncnc(NC(C)C)c1N. The molecule has 0 aliphatic carbocycles. The van der Waals surface area contributed by atoms with Crippen molar-refractivity contribution in [2.45, 2.75) is 26.8 Å². The van der Waals surface area contributed by atoms with Gasteiger partial charge in [-0.2, -0.15) is 0 Å². The Kier molecular flexibility index (Phi) is 4.96.